The van der Waals surface area contributed by atoms with Crippen molar-refractivity contribution in [1.82, 2.24) is 15.3 Å². The normalized spacial score (nSPS) is 10.6. The van der Waals surface area contributed by atoms with Gasteiger partial charge in [0.2, 0.25) is 0 Å². The minimum atomic E-state index is -0.180. The SMILES string of the molecule is CNC(=O)c1ccc(C)cc1Oc1cnc2[nH]ccc2c1. The molecule has 0 aliphatic heterocycles. The number of benzene rings is 1. The van der Waals surface area contributed by atoms with Gasteiger partial charge >= 0.3 is 0 Å². The summed E-state index contributed by atoms with van der Waals surface area (Å²) < 4.78 is 5.85. The number of H-pyrrole nitrogens is 1. The lowest BCUT2D eigenvalue weighted by molar-refractivity contribution is 0.0961. The second-order valence-electron chi connectivity index (χ2n) is 4.77. The molecular weight excluding hydrogens is 266 g/mol. The van der Waals surface area contributed by atoms with Crippen LogP contribution in [0, 0.1) is 6.92 Å². The number of pyridine rings is 1. The summed E-state index contributed by atoms with van der Waals surface area (Å²) in [4.78, 5) is 19.2. The topological polar surface area (TPSA) is 67.0 Å². The van der Waals surface area contributed by atoms with Crippen LogP contribution in [-0.4, -0.2) is 22.9 Å². The lowest BCUT2D eigenvalue weighted by Gasteiger charge is -2.11. The number of carbonyl (C=O) groups is 1. The third kappa shape index (κ3) is 2.58. The lowest BCUT2D eigenvalue weighted by Crippen LogP contribution is -2.18. The van der Waals surface area contributed by atoms with Gasteiger partial charge in [0.15, 0.2) is 0 Å². The molecule has 5 nitrogen and oxygen atoms in total. The summed E-state index contributed by atoms with van der Waals surface area (Å²) in [6.45, 7) is 1.95. The number of ether oxygens (including phenoxy) is 1. The van der Waals surface area contributed by atoms with Gasteiger partial charge in [-0.3, -0.25) is 4.79 Å². The van der Waals surface area contributed by atoms with Gasteiger partial charge < -0.3 is 15.0 Å². The molecule has 0 fully saturated rings. The maximum atomic E-state index is 11.9. The van der Waals surface area contributed by atoms with E-state index in [2.05, 4.69) is 15.3 Å². The van der Waals surface area contributed by atoms with Gasteiger partial charge in [0, 0.05) is 18.6 Å². The van der Waals surface area contributed by atoms with Gasteiger partial charge in [0.25, 0.3) is 5.91 Å². The largest absolute Gasteiger partial charge is 0.455 e. The predicted octanol–water partition coefficient (Wildman–Crippen LogP) is 3.02. The number of nitrogens with one attached hydrogen (secondary N) is 2. The van der Waals surface area contributed by atoms with E-state index in [0.717, 1.165) is 16.6 Å². The molecule has 0 radical (unpaired) electrons. The van der Waals surface area contributed by atoms with Crippen molar-refractivity contribution in [2.75, 3.05) is 7.05 Å². The molecule has 0 saturated carbocycles. The summed E-state index contributed by atoms with van der Waals surface area (Å²) >= 11 is 0. The third-order valence-corrected chi connectivity index (χ3v) is 3.21. The molecule has 0 aliphatic rings. The second kappa shape index (κ2) is 5.28. The van der Waals surface area contributed by atoms with Crippen LogP contribution >= 0.6 is 0 Å². The van der Waals surface area contributed by atoms with Crippen molar-refractivity contribution in [3.05, 3.63) is 53.9 Å². The zero-order chi connectivity index (χ0) is 14.8. The number of hydrogen-bond donors (Lipinski definition) is 2. The Kier molecular flexibility index (Phi) is 3.31. The number of aromatic nitrogens is 2. The molecule has 1 amide bonds. The van der Waals surface area contributed by atoms with Crippen LogP contribution in [0.5, 0.6) is 11.5 Å². The Labute approximate surface area is 122 Å². The highest BCUT2D eigenvalue weighted by atomic mass is 16.5. The number of aromatic amines is 1. The zero-order valence-electron chi connectivity index (χ0n) is 11.8. The number of nitrogens with zero attached hydrogens (tertiary/aromatic N) is 1. The van der Waals surface area contributed by atoms with Crippen LogP contribution < -0.4 is 10.1 Å². The molecule has 2 aromatic heterocycles. The molecule has 0 bridgehead atoms. The van der Waals surface area contributed by atoms with E-state index in [1.807, 2.05) is 37.4 Å². The van der Waals surface area contributed by atoms with Gasteiger partial charge in [-0.25, -0.2) is 4.98 Å². The summed E-state index contributed by atoms with van der Waals surface area (Å²) in [6.07, 6.45) is 3.46. The van der Waals surface area contributed by atoms with Crippen molar-refractivity contribution in [2.24, 2.45) is 0 Å². The average Bonchev–Trinajstić information content (AvgIpc) is 2.94. The van der Waals surface area contributed by atoms with Gasteiger partial charge in [0.1, 0.15) is 17.1 Å². The molecule has 0 unspecified atom stereocenters. The van der Waals surface area contributed by atoms with Crippen molar-refractivity contribution in [2.45, 2.75) is 6.92 Å². The van der Waals surface area contributed by atoms with E-state index in [4.69, 9.17) is 4.74 Å². The van der Waals surface area contributed by atoms with Crippen molar-refractivity contribution < 1.29 is 9.53 Å². The second-order valence-corrected chi connectivity index (χ2v) is 4.77. The number of carbonyl (C=O) groups excluding carboxylic acids is 1. The molecule has 0 spiro atoms. The van der Waals surface area contributed by atoms with Crippen molar-refractivity contribution in [3.63, 3.8) is 0 Å². The van der Waals surface area contributed by atoms with Gasteiger partial charge in [-0.2, -0.15) is 0 Å². The standard InChI is InChI=1S/C16H15N3O2/c1-10-3-4-13(16(20)17-2)14(7-10)21-12-8-11-5-6-18-15(11)19-9-12/h3-9H,1-2H3,(H,17,20)(H,18,19). The first-order valence-electron chi connectivity index (χ1n) is 6.61. The van der Waals surface area contributed by atoms with Crippen molar-refractivity contribution in [3.8, 4) is 11.5 Å². The monoisotopic (exact) mass is 281 g/mol. The van der Waals surface area contributed by atoms with Crippen LogP contribution in [0.25, 0.3) is 11.0 Å². The smallest absolute Gasteiger partial charge is 0.254 e. The van der Waals surface area contributed by atoms with Gasteiger partial charge in [-0.15, -0.1) is 0 Å². The summed E-state index contributed by atoms with van der Waals surface area (Å²) in [5.74, 6) is 0.935. The Hall–Kier alpha value is -2.82. The molecular formula is C16H15N3O2. The molecule has 2 heterocycles. The van der Waals surface area contributed by atoms with E-state index in [-0.39, 0.29) is 5.91 Å². The summed E-state index contributed by atoms with van der Waals surface area (Å²) in [5.41, 5.74) is 2.32. The highest BCUT2D eigenvalue weighted by molar-refractivity contribution is 5.97. The maximum absolute atomic E-state index is 11.9. The molecule has 3 aromatic rings. The minimum Gasteiger partial charge on any atom is -0.455 e. The average molecular weight is 281 g/mol. The molecule has 0 saturated heterocycles. The Balaban J connectivity index is 1.99. The first-order valence-corrected chi connectivity index (χ1v) is 6.61. The number of hydrogen-bond acceptors (Lipinski definition) is 3. The van der Waals surface area contributed by atoms with E-state index in [1.54, 1.807) is 19.3 Å². The van der Waals surface area contributed by atoms with E-state index in [1.165, 1.54) is 0 Å². The molecule has 1 aromatic carbocycles. The lowest BCUT2D eigenvalue weighted by atomic mass is 10.1. The van der Waals surface area contributed by atoms with Gasteiger partial charge in [-0.1, -0.05) is 6.07 Å². The Morgan fingerprint density at radius 1 is 1.29 bits per heavy atom. The predicted molar refractivity (Wildman–Crippen MR) is 80.7 cm³/mol. The fourth-order valence-corrected chi connectivity index (χ4v) is 2.14. The van der Waals surface area contributed by atoms with Gasteiger partial charge in [0.05, 0.1) is 11.8 Å². The summed E-state index contributed by atoms with van der Waals surface area (Å²) in [5, 5.41) is 3.57. The van der Waals surface area contributed by atoms with Gasteiger partial charge in [-0.05, 0) is 36.8 Å². The van der Waals surface area contributed by atoms with Crippen molar-refractivity contribution >= 4 is 16.9 Å². The van der Waals surface area contributed by atoms with E-state index in [9.17, 15) is 4.79 Å². The Bertz CT molecular complexity index is 808. The Morgan fingerprint density at radius 3 is 2.95 bits per heavy atom. The number of fused-ring (bicyclic) bond motifs is 1. The fraction of sp³-hybridized carbons (Fsp3) is 0.125. The molecule has 3 rings (SSSR count). The maximum Gasteiger partial charge on any atom is 0.254 e. The zero-order valence-corrected chi connectivity index (χ0v) is 11.8. The molecule has 2 N–H and O–H groups in total. The van der Waals surface area contributed by atoms with Crippen molar-refractivity contribution in [1.29, 1.82) is 0 Å². The van der Waals surface area contributed by atoms with Crippen LogP contribution in [-0.2, 0) is 0 Å². The van der Waals surface area contributed by atoms with Crippen LogP contribution in [0.2, 0.25) is 0 Å². The van der Waals surface area contributed by atoms with E-state index in [0.29, 0.717) is 17.1 Å². The molecule has 5 heteroatoms. The van der Waals surface area contributed by atoms with Crippen LogP contribution in [0.1, 0.15) is 15.9 Å². The number of amides is 1. The number of rotatable bonds is 3. The third-order valence-electron chi connectivity index (χ3n) is 3.21. The summed E-state index contributed by atoms with van der Waals surface area (Å²) in [7, 11) is 1.60. The van der Waals surface area contributed by atoms with E-state index < -0.39 is 0 Å². The first kappa shape index (κ1) is 13.2. The molecule has 0 aliphatic carbocycles. The highest BCUT2D eigenvalue weighted by Gasteiger charge is 2.12. The molecule has 0 atom stereocenters. The molecule has 21 heavy (non-hydrogen) atoms. The van der Waals surface area contributed by atoms with E-state index >= 15 is 0 Å². The van der Waals surface area contributed by atoms with Crippen LogP contribution in [0.4, 0.5) is 0 Å². The fourth-order valence-electron chi connectivity index (χ4n) is 2.14. The minimum absolute atomic E-state index is 0.180. The molecule has 106 valence electrons. The van der Waals surface area contributed by atoms with Crippen LogP contribution in [0.3, 0.4) is 0 Å². The highest BCUT2D eigenvalue weighted by Crippen LogP contribution is 2.27. The quantitative estimate of drug-likeness (QED) is 0.775. The first-order chi connectivity index (χ1) is 10.2. The summed E-state index contributed by atoms with van der Waals surface area (Å²) in [6, 6.07) is 9.28. The number of aryl methyl sites for hydroxylation is 1. The Morgan fingerprint density at radius 2 is 2.14 bits per heavy atom. The van der Waals surface area contributed by atoms with Crippen LogP contribution in [0.15, 0.2) is 42.7 Å².